The summed E-state index contributed by atoms with van der Waals surface area (Å²) in [5, 5.41) is 0. The van der Waals surface area contributed by atoms with Crippen molar-refractivity contribution in [1.82, 2.24) is 4.90 Å². The molecule has 0 saturated carbocycles. The molecule has 0 aromatic heterocycles. The zero-order chi connectivity index (χ0) is 20.5. The zero-order valence-corrected chi connectivity index (χ0v) is 15.7. The number of hydrogen-bond donors (Lipinski definition) is 1. The lowest BCUT2D eigenvalue weighted by Crippen LogP contribution is -2.43. The van der Waals surface area contributed by atoms with Crippen LogP contribution in [0.4, 0.5) is 13.2 Å². The zero-order valence-electron chi connectivity index (χ0n) is 15.7. The molecule has 8 heteroatoms. The van der Waals surface area contributed by atoms with Crippen molar-refractivity contribution >= 4 is 11.8 Å². The number of primary amides is 1. The molecule has 2 aliphatic rings. The summed E-state index contributed by atoms with van der Waals surface area (Å²) in [6.07, 6.45) is -2.28. The van der Waals surface area contributed by atoms with Gasteiger partial charge in [0.25, 0.3) is 0 Å². The van der Waals surface area contributed by atoms with Crippen molar-refractivity contribution in [1.29, 1.82) is 0 Å². The number of carbonyl (C=O) groups is 2. The molecule has 2 heterocycles. The Morgan fingerprint density at radius 3 is 2.36 bits per heavy atom. The summed E-state index contributed by atoms with van der Waals surface area (Å²) in [5.74, 6) is -1.38. The first kappa shape index (κ1) is 20.6. The van der Waals surface area contributed by atoms with Crippen LogP contribution < -0.4 is 5.73 Å². The summed E-state index contributed by atoms with van der Waals surface area (Å²) in [6.45, 7) is 2.47. The summed E-state index contributed by atoms with van der Waals surface area (Å²) < 4.78 is 45.5. The third kappa shape index (κ3) is 4.32. The fourth-order valence-corrected chi connectivity index (χ4v) is 4.25. The van der Waals surface area contributed by atoms with Gasteiger partial charge in [0.15, 0.2) is 0 Å². The van der Waals surface area contributed by atoms with Gasteiger partial charge in [0.05, 0.1) is 17.6 Å². The van der Waals surface area contributed by atoms with E-state index in [2.05, 4.69) is 0 Å². The molecule has 2 saturated heterocycles. The fraction of sp³-hybridized carbons (Fsp3) is 0.600. The Hall–Kier alpha value is -2.09. The van der Waals surface area contributed by atoms with E-state index < -0.39 is 29.7 Å². The van der Waals surface area contributed by atoms with E-state index in [4.69, 9.17) is 10.5 Å². The molecule has 2 aliphatic heterocycles. The van der Waals surface area contributed by atoms with Crippen molar-refractivity contribution < 1.29 is 27.5 Å². The van der Waals surface area contributed by atoms with E-state index in [9.17, 15) is 22.8 Å². The highest BCUT2D eigenvalue weighted by Gasteiger charge is 2.39. The second kappa shape index (κ2) is 8.11. The summed E-state index contributed by atoms with van der Waals surface area (Å²) in [4.78, 5) is 25.7. The molecule has 154 valence electrons. The SMILES string of the molecule is CC(C(=O)N1CCC([C@@H]2CC[C@H](C(N)=O)O2)CC1)c1ccccc1C(F)(F)F. The van der Waals surface area contributed by atoms with Crippen LogP contribution in [0.25, 0.3) is 0 Å². The third-order valence-electron chi connectivity index (χ3n) is 5.85. The van der Waals surface area contributed by atoms with Crippen LogP contribution in [0.1, 0.15) is 49.7 Å². The number of alkyl halides is 3. The van der Waals surface area contributed by atoms with E-state index in [0.29, 0.717) is 32.4 Å². The van der Waals surface area contributed by atoms with E-state index >= 15 is 0 Å². The number of nitrogens with two attached hydrogens (primary N) is 1. The van der Waals surface area contributed by atoms with Gasteiger partial charge in [-0.3, -0.25) is 9.59 Å². The molecule has 0 radical (unpaired) electrons. The van der Waals surface area contributed by atoms with Crippen molar-refractivity contribution in [2.75, 3.05) is 13.1 Å². The summed E-state index contributed by atoms with van der Waals surface area (Å²) in [6, 6.07) is 5.23. The summed E-state index contributed by atoms with van der Waals surface area (Å²) in [5.41, 5.74) is 4.53. The first-order chi connectivity index (χ1) is 13.2. The number of benzene rings is 1. The smallest absolute Gasteiger partial charge is 0.367 e. The average Bonchev–Trinajstić information content (AvgIpc) is 3.17. The van der Waals surface area contributed by atoms with Crippen LogP contribution >= 0.6 is 0 Å². The van der Waals surface area contributed by atoms with Gasteiger partial charge in [0, 0.05) is 13.1 Å². The van der Waals surface area contributed by atoms with E-state index in [1.54, 1.807) is 4.90 Å². The molecule has 2 fully saturated rings. The highest BCUT2D eigenvalue weighted by atomic mass is 19.4. The Bertz CT molecular complexity index is 730. The molecule has 3 atom stereocenters. The molecular formula is C20H25F3N2O3. The molecule has 2 N–H and O–H groups in total. The number of likely N-dealkylation sites (tertiary alicyclic amines) is 1. The van der Waals surface area contributed by atoms with Crippen LogP contribution in [-0.4, -0.2) is 42.0 Å². The molecule has 0 spiro atoms. The Kier molecular flexibility index (Phi) is 5.98. The Labute approximate surface area is 162 Å². The van der Waals surface area contributed by atoms with Crippen molar-refractivity contribution in [3.8, 4) is 0 Å². The highest BCUT2D eigenvalue weighted by Crippen LogP contribution is 2.37. The first-order valence-corrected chi connectivity index (χ1v) is 9.58. The molecule has 0 bridgehead atoms. The number of hydrogen-bond acceptors (Lipinski definition) is 3. The summed E-state index contributed by atoms with van der Waals surface area (Å²) >= 11 is 0. The van der Waals surface area contributed by atoms with Gasteiger partial charge in [-0.05, 0) is 50.2 Å². The predicted molar refractivity (Wildman–Crippen MR) is 96.3 cm³/mol. The molecule has 1 aromatic rings. The largest absolute Gasteiger partial charge is 0.416 e. The van der Waals surface area contributed by atoms with E-state index in [0.717, 1.165) is 12.5 Å². The molecule has 2 amide bonds. The van der Waals surface area contributed by atoms with Gasteiger partial charge in [0.2, 0.25) is 11.8 Å². The van der Waals surface area contributed by atoms with Gasteiger partial charge in [-0.15, -0.1) is 0 Å². The maximum atomic E-state index is 13.3. The quantitative estimate of drug-likeness (QED) is 0.847. The van der Waals surface area contributed by atoms with Crippen LogP contribution in [-0.2, 0) is 20.5 Å². The Morgan fingerprint density at radius 1 is 1.14 bits per heavy atom. The van der Waals surface area contributed by atoms with E-state index in [-0.39, 0.29) is 23.5 Å². The predicted octanol–water partition coefficient (Wildman–Crippen LogP) is 3.08. The number of nitrogens with zero attached hydrogens (tertiary/aromatic N) is 1. The normalized spacial score (nSPS) is 24.9. The molecule has 0 aliphatic carbocycles. The average molecular weight is 398 g/mol. The van der Waals surface area contributed by atoms with Gasteiger partial charge in [-0.2, -0.15) is 13.2 Å². The van der Waals surface area contributed by atoms with Crippen LogP contribution in [0.5, 0.6) is 0 Å². The molecule has 5 nitrogen and oxygen atoms in total. The standard InChI is InChI=1S/C20H25F3N2O3/c1-12(14-4-2-3-5-15(14)20(21,22)23)19(27)25-10-8-13(9-11-25)16-6-7-17(28-16)18(24)26/h2-5,12-13,16-17H,6-11H2,1H3,(H2,24,26)/t12?,16-,17+/m0/s1. The molecule has 1 unspecified atom stereocenters. The van der Waals surface area contributed by atoms with Gasteiger partial charge in [-0.1, -0.05) is 18.2 Å². The molecule has 3 rings (SSSR count). The monoisotopic (exact) mass is 398 g/mol. The van der Waals surface area contributed by atoms with Gasteiger partial charge in [-0.25, -0.2) is 0 Å². The topological polar surface area (TPSA) is 72.6 Å². The number of carbonyl (C=O) groups excluding carboxylic acids is 2. The second-order valence-electron chi connectivity index (χ2n) is 7.61. The lowest BCUT2D eigenvalue weighted by molar-refractivity contribution is -0.139. The van der Waals surface area contributed by atoms with Crippen molar-refractivity contribution in [2.45, 2.75) is 56.9 Å². The van der Waals surface area contributed by atoms with Gasteiger partial charge in [0.1, 0.15) is 6.10 Å². The number of piperidine rings is 1. The second-order valence-corrected chi connectivity index (χ2v) is 7.61. The number of halogens is 3. The number of rotatable bonds is 4. The van der Waals surface area contributed by atoms with Crippen LogP contribution in [0.2, 0.25) is 0 Å². The molecule has 1 aromatic carbocycles. The van der Waals surface area contributed by atoms with Crippen molar-refractivity contribution in [2.24, 2.45) is 11.7 Å². The number of amides is 2. The highest BCUT2D eigenvalue weighted by molar-refractivity contribution is 5.84. The number of ether oxygens (including phenoxy) is 1. The van der Waals surface area contributed by atoms with E-state index in [1.165, 1.54) is 25.1 Å². The van der Waals surface area contributed by atoms with Crippen molar-refractivity contribution in [3.63, 3.8) is 0 Å². The fourth-order valence-electron chi connectivity index (χ4n) is 4.25. The maximum absolute atomic E-state index is 13.3. The molecule has 28 heavy (non-hydrogen) atoms. The third-order valence-corrected chi connectivity index (χ3v) is 5.85. The lowest BCUT2D eigenvalue weighted by atomic mass is 9.88. The minimum atomic E-state index is -4.49. The van der Waals surface area contributed by atoms with Crippen LogP contribution in [0.3, 0.4) is 0 Å². The lowest BCUT2D eigenvalue weighted by Gasteiger charge is -2.36. The minimum Gasteiger partial charge on any atom is -0.367 e. The minimum absolute atomic E-state index is 0.00514. The summed E-state index contributed by atoms with van der Waals surface area (Å²) in [7, 11) is 0. The van der Waals surface area contributed by atoms with E-state index in [1.807, 2.05) is 0 Å². The van der Waals surface area contributed by atoms with Crippen LogP contribution in [0.15, 0.2) is 24.3 Å². The van der Waals surface area contributed by atoms with Crippen LogP contribution in [0, 0.1) is 5.92 Å². The first-order valence-electron chi connectivity index (χ1n) is 9.58. The Balaban J connectivity index is 1.61. The Morgan fingerprint density at radius 2 is 1.79 bits per heavy atom. The van der Waals surface area contributed by atoms with Crippen molar-refractivity contribution in [3.05, 3.63) is 35.4 Å². The van der Waals surface area contributed by atoms with Gasteiger partial charge < -0.3 is 15.4 Å². The van der Waals surface area contributed by atoms with Gasteiger partial charge >= 0.3 is 6.18 Å². The maximum Gasteiger partial charge on any atom is 0.416 e. The molecular weight excluding hydrogens is 373 g/mol.